The lowest BCUT2D eigenvalue weighted by atomic mass is 10.1. The van der Waals surface area contributed by atoms with E-state index < -0.39 is 23.5 Å². The summed E-state index contributed by atoms with van der Waals surface area (Å²) in [5.74, 6) is -3.31. The maximum Gasteiger partial charge on any atom is 0.374 e. The van der Waals surface area contributed by atoms with Crippen molar-refractivity contribution >= 4 is 23.9 Å². The van der Waals surface area contributed by atoms with Crippen LogP contribution in [-0.4, -0.2) is 53.8 Å². The van der Waals surface area contributed by atoms with Gasteiger partial charge < -0.3 is 24.5 Å². The molecule has 0 radical (unpaired) electrons. The van der Waals surface area contributed by atoms with Gasteiger partial charge in [-0.15, -0.1) is 0 Å². The van der Waals surface area contributed by atoms with Gasteiger partial charge in [-0.3, -0.25) is 4.79 Å². The molecule has 13 nitrogen and oxygen atoms in total. The summed E-state index contributed by atoms with van der Waals surface area (Å²) in [5.41, 5.74) is -0.401. The Bertz CT molecular complexity index is 1070. The molecule has 2 N–H and O–H groups in total. The van der Waals surface area contributed by atoms with Gasteiger partial charge in [-0.05, 0) is 32.1 Å². The summed E-state index contributed by atoms with van der Waals surface area (Å²) >= 11 is 0. The SMILES string of the molecule is CCOC(=O)/C(O)=C(C#N)/C=C/C(C#N)=C(\O)CC.CCOC(=O)C(C)=O.O=C=O.[C-]#[N+]C/C=C/CC#N. The van der Waals surface area contributed by atoms with Gasteiger partial charge in [0, 0.05) is 13.3 Å². The summed E-state index contributed by atoms with van der Waals surface area (Å²) in [6.45, 7) is 13.1. The van der Waals surface area contributed by atoms with Gasteiger partial charge in [0.25, 0.3) is 0 Å². The second-order valence-corrected chi connectivity index (χ2v) is 5.79. The molecule has 0 atom stereocenters. The minimum Gasteiger partial charge on any atom is -0.511 e. The fraction of sp³-hybridized carbons (Fsp3) is 0.360. The van der Waals surface area contributed by atoms with Crippen LogP contribution in [0.5, 0.6) is 0 Å². The number of carbonyl (C=O) groups excluding carboxylic acids is 5. The molecule has 0 bridgehead atoms. The van der Waals surface area contributed by atoms with E-state index in [1.165, 1.54) is 6.92 Å². The second kappa shape index (κ2) is 29.5. The highest BCUT2D eigenvalue weighted by Crippen LogP contribution is 2.10. The molecule has 38 heavy (non-hydrogen) atoms. The highest BCUT2D eigenvalue weighted by Gasteiger charge is 2.13. The molecule has 0 heterocycles. The third-order valence-electron chi connectivity index (χ3n) is 3.16. The number of aliphatic hydroxyl groups is 2. The van der Waals surface area contributed by atoms with Crippen LogP contribution in [0.3, 0.4) is 0 Å². The molecular formula is C25H28N4O9. The number of carbonyl (C=O) groups is 3. The van der Waals surface area contributed by atoms with Crippen LogP contribution in [0.15, 0.2) is 47.0 Å². The molecule has 202 valence electrons. The maximum absolute atomic E-state index is 11.2. The van der Waals surface area contributed by atoms with Crippen molar-refractivity contribution < 1.29 is 43.7 Å². The van der Waals surface area contributed by atoms with E-state index in [1.54, 1.807) is 45.1 Å². The summed E-state index contributed by atoms with van der Waals surface area (Å²) in [6.07, 6.45) is 6.51. The van der Waals surface area contributed by atoms with E-state index in [4.69, 9.17) is 31.9 Å². The van der Waals surface area contributed by atoms with Crippen molar-refractivity contribution in [3.05, 3.63) is 58.4 Å². The monoisotopic (exact) mass is 528 g/mol. The van der Waals surface area contributed by atoms with Crippen molar-refractivity contribution in [2.75, 3.05) is 19.8 Å². The summed E-state index contributed by atoms with van der Waals surface area (Å²) in [6, 6.07) is 5.28. The number of Topliss-reactive ketones (excluding diaryl/α,β-unsaturated/α-hetero) is 1. The molecule has 0 saturated heterocycles. The van der Waals surface area contributed by atoms with E-state index in [2.05, 4.69) is 14.3 Å². The van der Waals surface area contributed by atoms with E-state index in [9.17, 15) is 24.6 Å². The van der Waals surface area contributed by atoms with Crippen LogP contribution in [0.25, 0.3) is 4.85 Å². The number of ether oxygens (including phenoxy) is 2. The van der Waals surface area contributed by atoms with Gasteiger partial charge in [-0.1, -0.05) is 13.0 Å². The lowest BCUT2D eigenvalue weighted by molar-refractivity contribution is -0.191. The first-order valence-corrected chi connectivity index (χ1v) is 10.6. The molecule has 0 rings (SSSR count). The Morgan fingerprint density at radius 3 is 1.71 bits per heavy atom. The number of aliphatic hydroxyl groups excluding tert-OH is 2. The topological polar surface area (TPSA) is 220 Å². The van der Waals surface area contributed by atoms with Crippen molar-refractivity contribution in [2.24, 2.45) is 0 Å². The highest BCUT2D eigenvalue weighted by molar-refractivity contribution is 6.32. The van der Waals surface area contributed by atoms with Gasteiger partial charge in [0.05, 0.1) is 31.3 Å². The third-order valence-corrected chi connectivity index (χ3v) is 3.16. The first-order valence-electron chi connectivity index (χ1n) is 10.6. The van der Waals surface area contributed by atoms with Gasteiger partial charge in [0.2, 0.25) is 18.1 Å². The molecule has 0 aromatic heterocycles. The largest absolute Gasteiger partial charge is 0.511 e. The first kappa shape index (κ1) is 39.7. The standard InChI is InChI=1S/C13H14N2O4.C6H6N2.C5H8O3.CO2/c1-3-11(16)9(7-14)5-6-10(8-15)12(17)13(18)19-4-2;1-8-6-4-2-3-5-7;1-3-8-5(7)4(2)6;2-1-3/h5-6,16-17H,3-4H2,1-2H3;2,4H,3,6H2;3H2,1-2H3;/b6-5+,11-9+,12-10+;4-2+;;. The Balaban J connectivity index is -0.000000250. The number of nitrogens with zero attached hydrogens (tertiary/aromatic N) is 4. The number of rotatable bonds is 9. The average molecular weight is 529 g/mol. The zero-order valence-corrected chi connectivity index (χ0v) is 21.4. The molecule has 0 amide bonds. The minimum atomic E-state index is -1.02. The van der Waals surface area contributed by atoms with Crippen molar-refractivity contribution in [2.45, 2.75) is 40.5 Å². The lowest BCUT2D eigenvalue weighted by Crippen LogP contribution is -2.12. The maximum atomic E-state index is 11.2. The van der Waals surface area contributed by atoms with Crippen LogP contribution in [0.4, 0.5) is 0 Å². The fourth-order valence-corrected chi connectivity index (χ4v) is 1.53. The fourth-order valence-electron chi connectivity index (χ4n) is 1.53. The van der Waals surface area contributed by atoms with E-state index in [0.717, 1.165) is 12.2 Å². The number of hydrogen-bond donors (Lipinski definition) is 2. The van der Waals surface area contributed by atoms with Crippen LogP contribution in [0, 0.1) is 40.6 Å². The molecule has 0 saturated carbocycles. The molecule has 13 heteroatoms. The lowest BCUT2D eigenvalue weighted by Gasteiger charge is -2.01. The van der Waals surface area contributed by atoms with Gasteiger partial charge >= 0.3 is 18.1 Å². The second-order valence-electron chi connectivity index (χ2n) is 5.79. The normalized spacial score (nSPS) is 10.2. The molecule has 0 aliphatic rings. The van der Waals surface area contributed by atoms with Gasteiger partial charge in [-0.2, -0.15) is 25.4 Å². The summed E-state index contributed by atoms with van der Waals surface area (Å²) in [4.78, 5) is 50.7. The predicted octanol–water partition coefficient (Wildman–Crippen LogP) is 3.12. The van der Waals surface area contributed by atoms with Crippen LogP contribution in [0.2, 0.25) is 0 Å². The van der Waals surface area contributed by atoms with Crippen LogP contribution in [0.1, 0.15) is 40.5 Å². The minimum absolute atomic E-state index is 0.0492. The van der Waals surface area contributed by atoms with E-state index in [0.29, 0.717) is 13.0 Å². The smallest absolute Gasteiger partial charge is 0.374 e. The number of hydrogen-bond acceptors (Lipinski definition) is 12. The molecule has 0 aromatic carbocycles. The summed E-state index contributed by atoms with van der Waals surface area (Å²) < 4.78 is 8.84. The van der Waals surface area contributed by atoms with E-state index in [1.807, 2.05) is 6.07 Å². The molecule has 0 spiro atoms. The van der Waals surface area contributed by atoms with Crippen molar-refractivity contribution in [1.29, 1.82) is 15.8 Å². The highest BCUT2D eigenvalue weighted by atomic mass is 16.5. The third kappa shape index (κ3) is 25.1. The Morgan fingerprint density at radius 2 is 1.37 bits per heavy atom. The van der Waals surface area contributed by atoms with E-state index >= 15 is 0 Å². The quantitative estimate of drug-likeness (QED) is 0.0644. The van der Waals surface area contributed by atoms with Gasteiger partial charge in [0.1, 0.15) is 23.5 Å². The Morgan fingerprint density at radius 1 is 0.895 bits per heavy atom. The number of esters is 2. The molecule has 0 unspecified atom stereocenters. The Kier molecular flexibility index (Phi) is 30.9. The van der Waals surface area contributed by atoms with Gasteiger partial charge in [-0.25, -0.2) is 16.2 Å². The van der Waals surface area contributed by atoms with Crippen LogP contribution in [-0.2, 0) is 33.4 Å². The van der Waals surface area contributed by atoms with Crippen LogP contribution >= 0.6 is 0 Å². The average Bonchev–Trinajstić information content (AvgIpc) is 2.90. The molecule has 0 aromatic rings. The van der Waals surface area contributed by atoms with Crippen molar-refractivity contribution in [3.8, 4) is 18.2 Å². The molecule has 0 aliphatic heterocycles. The number of allylic oxidation sites excluding steroid dienone is 6. The Hall–Kier alpha value is -5.49. The molecule has 0 fully saturated rings. The van der Waals surface area contributed by atoms with Crippen LogP contribution < -0.4 is 0 Å². The Labute approximate surface area is 220 Å². The predicted molar refractivity (Wildman–Crippen MR) is 130 cm³/mol. The van der Waals surface area contributed by atoms with Crippen molar-refractivity contribution in [1.82, 2.24) is 0 Å². The zero-order chi connectivity index (χ0) is 30.4. The first-order chi connectivity index (χ1) is 18.0. The zero-order valence-electron chi connectivity index (χ0n) is 21.4. The van der Waals surface area contributed by atoms with E-state index in [-0.39, 0.29) is 42.7 Å². The molecular weight excluding hydrogens is 500 g/mol. The van der Waals surface area contributed by atoms with Crippen molar-refractivity contribution in [3.63, 3.8) is 0 Å². The molecule has 0 aliphatic carbocycles. The summed E-state index contributed by atoms with van der Waals surface area (Å²) in [7, 11) is 0. The summed E-state index contributed by atoms with van der Waals surface area (Å²) in [5, 5.41) is 44.4. The number of nitriles is 3. The number of ketones is 1. The van der Waals surface area contributed by atoms with Gasteiger partial charge in [0.15, 0.2) is 0 Å².